The molecule has 0 spiro atoms. The van der Waals surface area contributed by atoms with Gasteiger partial charge in [0.15, 0.2) is 6.04 Å². The van der Waals surface area contributed by atoms with Crippen LogP contribution in [0.15, 0.2) is 4.74 Å². The van der Waals surface area contributed by atoms with Gasteiger partial charge in [0.2, 0.25) is 0 Å². The number of carboxylic acids is 1. The number of carboxylic acid groups (broad SMARTS) is 1. The van der Waals surface area contributed by atoms with Gasteiger partial charge in [0.25, 0.3) is 0 Å². The molecule has 0 saturated heterocycles. The van der Waals surface area contributed by atoms with E-state index < -0.39 is 18.0 Å². The Hall–Kier alpha value is -0.530. The zero-order valence-corrected chi connectivity index (χ0v) is 8.34. The second-order valence-corrected chi connectivity index (χ2v) is 2.51. The standard InChI is InChI=1S/C5H9NO4P2/c7-4(8)2-1-3(6-11)5(9)10-12/h3,11H,1-2,12H2,(H,7,8). The molecule has 0 aliphatic rings. The first-order valence-corrected chi connectivity index (χ1v) is 4.02. The molecule has 7 heteroatoms. The van der Waals surface area contributed by atoms with E-state index in [1.165, 1.54) is 0 Å². The molecular weight excluding hydrogens is 200 g/mol. The Bertz CT molecular complexity index is 196. The molecule has 0 radical (unpaired) electrons. The van der Waals surface area contributed by atoms with Gasteiger partial charge in [0.1, 0.15) is 0 Å². The fraction of sp³-hybridized carbons (Fsp3) is 0.600. The lowest BCUT2D eigenvalue weighted by Gasteiger charge is -2.05. The van der Waals surface area contributed by atoms with E-state index in [9.17, 15) is 9.59 Å². The first kappa shape index (κ1) is 11.5. The minimum Gasteiger partial charge on any atom is -0.481 e. The average Bonchev–Trinajstić information content (AvgIpc) is 2.04. The van der Waals surface area contributed by atoms with Gasteiger partial charge < -0.3 is 9.63 Å². The molecule has 2 atom stereocenters. The zero-order valence-electron chi connectivity index (χ0n) is 6.19. The summed E-state index contributed by atoms with van der Waals surface area (Å²) in [4.78, 5) is 20.9. The second-order valence-electron chi connectivity index (χ2n) is 2.01. The van der Waals surface area contributed by atoms with Crippen molar-refractivity contribution in [3.63, 3.8) is 0 Å². The molecule has 5 nitrogen and oxygen atoms in total. The molecule has 1 N–H and O–H groups in total. The molecule has 0 saturated carbocycles. The largest absolute Gasteiger partial charge is 0.481 e. The lowest BCUT2D eigenvalue weighted by atomic mass is 10.2. The number of aliphatic carboxylic acids is 1. The summed E-state index contributed by atoms with van der Waals surface area (Å²) in [6.45, 7) is 0. The third-order valence-electron chi connectivity index (χ3n) is 1.18. The van der Waals surface area contributed by atoms with Gasteiger partial charge in [-0.05, 0) is 15.5 Å². The summed E-state index contributed by atoms with van der Waals surface area (Å²) in [5.74, 6) is -1.54. The van der Waals surface area contributed by atoms with Gasteiger partial charge in [-0.25, -0.2) is 4.79 Å². The molecule has 0 rings (SSSR count). The molecule has 0 aromatic rings. The molecule has 0 amide bonds. The topological polar surface area (TPSA) is 76.0 Å². The molecule has 68 valence electrons. The van der Waals surface area contributed by atoms with Crippen molar-refractivity contribution in [1.82, 2.24) is 0 Å². The van der Waals surface area contributed by atoms with Crippen molar-refractivity contribution < 1.29 is 19.2 Å². The lowest BCUT2D eigenvalue weighted by Crippen LogP contribution is -2.18. The highest BCUT2D eigenvalue weighted by Crippen LogP contribution is 2.07. The summed E-state index contributed by atoms with van der Waals surface area (Å²) in [5.41, 5.74) is 0. The van der Waals surface area contributed by atoms with Gasteiger partial charge in [-0.2, -0.15) is 0 Å². The van der Waals surface area contributed by atoms with E-state index in [1.54, 1.807) is 9.47 Å². The Labute approximate surface area is 74.1 Å². The Morgan fingerprint density at radius 1 is 1.67 bits per heavy atom. The van der Waals surface area contributed by atoms with Crippen LogP contribution < -0.4 is 0 Å². The van der Waals surface area contributed by atoms with Crippen molar-refractivity contribution in [2.75, 3.05) is 0 Å². The highest BCUT2D eigenvalue weighted by atomic mass is 31.0. The molecule has 0 fully saturated rings. The molecule has 0 aliphatic heterocycles. The summed E-state index contributed by atoms with van der Waals surface area (Å²) in [5, 5.41) is 8.30. The first-order valence-electron chi connectivity index (χ1n) is 3.10. The zero-order chi connectivity index (χ0) is 9.56. The van der Waals surface area contributed by atoms with Gasteiger partial charge in [-0.3, -0.25) is 9.54 Å². The van der Waals surface area contributed by atoms with Crippen molar-refractivity contribution in [3.8, 4) is 0 Å². The van der Waals surface area contributed by atoms with E-state index in [0.717, 1.165) is 0 Å². The third kappa shape index (κ3) is 4.37. The smallest absolute Gasteiger partial charge is 0.333 e. The molecule has 0 heterocycles. The summed E-state index contributed by atoms with van der Waals surface area (Å²) < 4.78 is 7.78. The van der Waals surface area contributed by atoms with Crippen LogP contribution in [0.25, 0.3) is 0 Å². The van der Waals surface area contributed by atoms with Crippen molar-refractivity contribution in [1.29, 1.82) is 0 Å². The summed E-state index contributed by atoms with van der Waals surface area (Å²) in [6, 6.07) is -0.754. The predicted octanol–water partition coefficient (Wildman–Crippen LogP) is 0.879. The van der Waals surface area contributed by atoms with Crippen molar-refractivity contribution in [3.05, 3.63) is 0 Å². The van der Waals surface area contributed by atoms with E-state index in [2.05, 4.69) is 18.3 Å². The van der Waals surface area contributed by atoms with E-state index in [-0.39, 0.29) is 12.8 Å². The van der Waals surface area contributed by atoms with Crippen LogP contribution in [0.2, 0.25) is 0 Å². The number of carbonyl (C=O) groups is 2. The number of hydrogen-bond acceptors (Lipinski definition) is 4. The SMILES string of the molecule is O=C(O)CCC(N=P)C(=O)OP. The molecule has 0 bridgehead atoms. The Balaban J connectivity index is 3.91. The number of carbonyl (C=O) groups excluding carboxylic acids is 1. The number of nitrogens with zero attached hydrogens (tertiary/aromatic N) is 1. The maximum Gasteiger partial charge on any atom is 0.333 e. The summed E-state index contributed by atoms with van der Waals surface area (Å²) >= 11 is 0. The van der Waals surface area contributed by atoms with E-state index in [4.69, 9.17) is 5.11 Å². The van der Waals surface area contributed by atoms with Crippen LogP contribution >= 0.6 is 18.5 Å². The highest BCUT2D eigenvalue weighted by molar-refractivity contribution is 7.10. The molecule has 0 aromatic heterocycles. The summed E-state index contributed by atoms with van der Waals surface area (Å²) in [7, 11) is 4.56. The van der Waals surface area contributed by atoms with Crippen LogP contribution in [-0.2, 0) is 14.1 Å². The monoisotopic (exact) mass is 209 g/mol. The maximum absolute atomic E-state index is 10.8. The minimum absolute atomic E-state index is 0.113. The van der Waals surface area contributed by atoms with Crippen LogP contribution in [0, 0.1) is 0 Å². The molecule has 12 heavy (non-hydrogen) atoms. The third-order valence-corrected chi connectivity index (χ3v) is 1.72. The highest BCUT2D eigenvalue weighted by Gasteiger charge is 2.17. The molecule has 2 unspecified atom stereocenters. The van der Waals surface area contributed by atoms with Gasteiger partial charge in [0, 0.05) is 6.42 Å². The normalized spacial score (nSPS) is 11.8. The van der Waals surface area contributed by atoms with Gasteiger partial charge in [0.05, 0.1) is 9.47 Å². The van der Waals surface area contributed by atoms with E-state index in [1.807, 2.05) is 0 Å². The predicted molar refractivity (Wildman–Crippen MR) is 47.2 cm³/mol. The van der Waals surface area contributed by atoms with E-state index >= 15 is 0 Å². The van der Waals surface area contributed by atoms with Crippen molar-refractivity contribution >= 4 is 30.4 Å². The number of rotatable bonds is 5. The fourth-order valence-corrected chi connectivity index (χ4v) is 0.965. The Morgan fingerprint density at radius 2 is 2.25 bits per heavy atom. The van der Waals surface area contributed by atoms with Crippen LogP contribution in [0.4, 0.5) is 0 Å². The van der Waals surface area contributed by atoms with Gasteiger partial charge >= 0.3 is 11.9 Å². The van der Waals surface area contributed by atoms with Crippen LogP contribution in [0.3, 0.4) is 0 Å². The van der Waals surface area contributed by atoms with Crippen LogP contribution in [0.1, 0.15) is 12.8 Å². The quantitative estimate of drug-likeness (QED) is 0.682. The van der Waals surface area contributed by atoms with E-state index in [0.29, 0.717) is 0 Å². The van der Waals surface area contributed by atoms with Crippen LogP contribution in [0.5, 0.6) is 0 Å². The van der Waals surface area contributed by atoms with Gasteiger partial charge in [-0.15, -0.1) is 0 Å². The second kappa shape index (κ2) is 6.04. The fourth-order valence-electron chi connectivity index (χ4n) is 0.574. The Morgan fingerprint density at radius 3 is 2.58 bits per heavy atom. The first-order chi connectivity index (χ1) is 5.61. The maximum atomic E-state index is 10.8. The van der Waals surface area contributed by atoms with Gasteiger partial charge in [-0.1, -0.05) is 0 Å². The Kier molecular flexibility index (Phi) is 5.77. The average molecular weight is 209 g/mol. The number of hydrogen-bond donors (Lipinski definition) is 1. The molecular formula is C5H9NO4P2. The van der Waals surface area contributed by atoms with Crippen LogP contribution in [-0.4, -0.2) is 23.1 Å². The summed E-state index contributed by atoms with van der Waals surface area (Å²) in [6.07, 6.45) is 0.0183. The minimum atomic E-state index is -0.966. The lowest BCUT2D eigenvalue weighted by molar-refractivity contribution is -0.138. The van der Waals surface area contributed by atoms with Crippen molar-refractivity contribution in [2.45, 2.75) is 18.9 Å². The molecule has 0 aliphatic carbocycles. The molecule has 0 aromatic carbocycles. The van der Waals surface area contributed by atoms with Crippen molar-refractivity contribution in [2.24, 2.45) is 4.74 Å².